The van der Waals surface area contributed by atoms with Crippen molar-refractivity contribution in [3.8, 4) is 11.3 Å². The van der Waals surface area contributed by atoms with Crippen molar-refractivity contribution in [3.63, 3.8) is 0 Å². The van der Waals surface area contributed by atoms with Gasteiger partial charge in [-0.2, -0.15) is 0 Å². The van der Waals surface area contributed by atoms with E-state index in [1.807, 2.05) is 47.6 Å². The highest BCUT2D eigenvalue weighted by Crippen LogP contribution is 2.17. The van der Waals surface area contributed by atoms with Crippen molar-refractivity contribution in [2.24, 2.45) is 11.6 Å². The number of pyridine rings is 1. The molecule has 4 nitrogen and oxygen atoms in total. The Hall–Kier alpha value is -2.53. The summed E-state index contributed by atoms with van der Waals surface area (Å²) in [5.74, 6) is 6.16. The molecule has 0 radical (unpaired) electrons. The first-order chi connectivity index (χ1) is 12.7. The number of hydrazine groups is 1. The number of nitrogens with zero attached hydrogens (tertiary/aromatic N) is 2. The first-order valence-corrected chi connectivity index (χ1v) is 9.00. The van der Waals surface area contributed by atoms with Gasteiger partial charge in [-0.1, -0.05) is 60.7 Å². The minimum Gasteiger partial charge on any atom is -0.327 e. The third kappa shape index (κ3) is 5.49. The van der Waals surface area contributed by atoms with Crippen LogP contribution in [-0.4, -0.2) is 22.6 Å². The quantitative estimate of drug-likeness (QED) is 0.485. The Bertz CT molecular complexity index is 772. The van der Waals surface area contributed by atoms with Crippen LogP contribution in [0.25, 0.3) is 11.3 Å². The van der Waals surface area contributed by atoms with Gasteiger partial charge in [0.05, 0.1) is 5.69 Å². The number of benzene rings is 2. The molecular formula is C22H26N4. The van der Waals surface area contributed by atoms with Crippen molar-refractivity contribution < 1.29 is 0 Å². The van der Waals surface area contributed by atoms with Crippen molar-refractivity contribution in [1.82, 2.24) is 9.99 Å². The van der Waals surface area contributed by atoms with Crippen LogP contribution < -0.4 is 11.6 Å². The maximum Gasteiger partial charge on any atom is 0.0701 e. The summed E-state index contributed by atoms with van der Waals surface area (Å²) in [6.07, 6.45) is 3.56. The zero-order valence-corrected chi connectivity index (χ0v) is 15.0. The van der Waals surface area contributed by atoms with Crippen LogP contribution in [0.5, 0.6) is 0 Å². The molecule has 0 saturated carbocycles. The second-order valence-corrected chi connectivity index (χ2v) is 6.62. The van der Waals surface area contributed by atoms with Crippen LogP contribution in [0.15, 0.2) is 79.0 Å². The number of aromatic nitrogens is 1. The van der Waals surface area contributed by atoms with Crippen molar-refractivity contribution in [3.05, 3.63) is 90.1 Å². The SMILES string of the molecule is NC(CCN(N)Cc1ccc(-c2ccccn2)cc1)Cc1ccccc1. The summed E-state index contributed by atoms with van der Waals surface area (Å²) in [6, 6.07) is 24.8. The standard InChI is InChI=1S/C22H26N4/c23-21(16-18-6-2-1-3-7-18)13-15-26(24)17-19-9-11-20(12-10-19)22-8-4-5-14-25-22/h1-12,14,21H,13,15-17,23-24H2. The van der Waals surface area contributed by atoms with Gasteiger partial charge < -0.3 is 5.73 Å². The van der Waals surface area contributed by atoms with Crippen molar-refractivity contribution in [1.29, 1.82) is 0 Å². The molecule has 134 valence electrons. The predicted molar refractivity (Wildman–Crippen MR) is 107 cm³/mol. The lowest BCUT2D eigenvalue weighted by Crippen LogP contribution is -2.35. The maximum atomic E-state index is 6.24. The van der Waals surface area contributed by atoms with E-state index in [0.717, 1.165) is 30.6 Å². The van der Waals surface area contributed by atoms with Crippen LogP contribution in [0.3, 0.4) is 0 Å². The van der Waals surface area contributed by atoms with E-state index in [4.69, 9.17) is 11.6 Å². The predicted octanol–water partition coefficient (Wildman–Crippen LogP) is 3.38. The molecule has 0 amide bonds. The minimum atomic E-state index is 0.120. The fraction of sp³-hybridized carbons (Fsp3) is 0.227. The Balaban J connectivity index is 1.46. The van der Waals surface area contributed by atoms with Crippen molar-refractivity contribution in [2.75, 3.05) is 6.54 Å². The van der Waals surface area contributed by atoms with Gasteiger partial charge in [-0.05, 0) is 36.1 Å². The van der Waals surface area contributed by atoms with Gasteiger partial charge in [-0.25, -0.2) is 5.01 Å². The maximum absolute atomic E-state index is 6.24. The zero-order valence-electron chi connectivity index (χ0n) is 15.0. The van der Waals surface area contributed by atoms with E-state index in [9.17, 15) is 0 Å². The summed E-state index contributed by atoms with van der Waals surface area (Å²) in [4.78, 5) is 4.37. The van der Waals surface area contributed by atoms with E-state index in [1.165, 1.54) is 11.1 Å². The van der Waals surface area contributed by atoms with Crippen LogP contribution in [0.2, 0.25) is 0 Å². The molecule has 0 aliphatic heterocycles. The van der Waals surface area contributed by atoms with Gasteiger partial charge in [0.25, 0.3) is 0 Å². The van der Waals surface area contributed by atoms with Gasteiger partial charge in [-0.3, -0.25) is 10.8 Å². The molecule has 3 aromatic rings. The lowest BCUT2D eigenvalue weighted by molar-refractivity contribution is 0.262. The molecule has 26 heavy (non-hydrogen) atoms. The van der Waals surface area contributed by atoms with Crippen LogP contribution in [0.4, 0.5) is 0 Å². The average molecular weight is 346 g/mol. The first-order valence-electron chi connectivity index (χ1n) is 9.00. The summed E-state index contributed by atoms with van der Waals surface area (Å²) in [5.41, 5.74) is 10.8. The molecule has 0 bridgehead atoms. The van der Waals surface area contributed by atoms with E-state index in [0.29, 0.717) is 6.54 Å². The summed E-state index contributed by atoms with van der Waals surface area (Å²) < 4.78 is 0. The van der Waals surface area contributed by atoms with Crippen LogP contribution in [0, 0.1) is 0 Å². The Morgan fingerprint density at radius 2 is 1.58 bits per heavy atom. The molecule has 1 atom stereocenters. The Morgan fingerprint density at radius 1 is 0.846 bits per heavy atom. The van der Waals surface area contributed by atoms with E-state index >= 15 is 0 Å². The van der Waals surface area contributed by atoms with Crippen molar-refractivity contribution in [2.45, 2.75) is 25.4 Å². The highest BCUT2D eigenvalue weighted by Gasteiger charge is 2.07. The van der Waals surface area contributed by atoms with Gasteiger partial charge >= 0.3 is 0 Å². The molecule has 0 saturated heterocycles. The molecule has 0 fully saturated rings. The van der Waals surface area contributed by atoms with Gasteiger partial charge in [0.15, 0.2) is 0 Å². The monoisotopic (exact) mass is 346 g/mol. The highest BCUT2D eigenvalue weighted by molar-refractivity contribution is 5.58. The molecule has 0 spiro atoms. The van der Waals surface area contributed by atoms with E-state index in [1.54, 1.807) is 0 Å². The molecular weight excluding hydrogens is 320 g/mol. The van der Waals surface area contributed by atoms with Crippen LogP contribution in [-0.2, 0) is 13.0 Å². The summed E-state index contributed by atoms with van der Waals surface area (Å²) in [6.45, 7) is 1.48. The molecule has 3 rings (SSSR count). The van der Waals surface area contributed by atoms with E-state index < -0.39 is 0 Å². The largest absolute Gasteiger partial charge is 0.327 e. The molecule has 0 aliphatic carbocycles. The van der Waals surface area contributed by atoms with Gasteiger partial charge in [0.1, 0.15) is 0 Å². The normalized spacial score (nSPS) is 12.3. The third-order valence-electron chi connectivity index (χ3n) is 4.43. The fourth-order valence-electron chi connectivity index (χ4n) is 2.98. The molecule has 4 heteroatoms. The molecule has 4 N–H and O–H groups in total. The first kappa shape index (κ1) is 18.3. The minimum absolute atomic E-state index is 0.120. The summed E-state index contributed by atoms with van der Waals surface area (Å²) in [5, 5.41) is 1.83. The average Bonchev–Trinajstić information content (AvgIpc) is 2.68. The number of hydrogen-bond donors (Lipinski definition) is 2. The van der Waals surface area contributed by atoms with Gasteiger partial charge in [0.2, 0.25) is 0 Å². The zero-order chi connectivity index (χ0) is 18.2. The summed E-state index contributed by atoms with van der Waals surface area (Å²) in [7, 11) is 0. The third-order valence-corrected chi connectivity index (χ3v) is 4.43. The fourth-order valence-corrected chi connectivity index (χ4v) is 2.98. The smallest absolute Gasteiger partial charge is 0.0701 e. The Kier molecular flexibility index (Phi) is 6.50. The van der Waals surface area contributed by atoms with E-state index in [2.05, 4.69) is 41.4 Å². The number of rotatable bonds is 8. The number of nitrogens with two attached hydrogens (primary N) is 2. The molecule has 1 aromatic heterocycles. The van der Waals surface area contributed by atoms with Crippen LogP contribution >= 0.6 is 0 Å². The number of hydrogen-bond acceptors (Lipinski definition) is 4. The Morgan fingerprint density at radius 3 is 2.27 bits per heavy atom. The highest BCUT2D eigenvalue weighted by atomic mass is 15.4. The van der Waals surface area contributed by atoms with Gasteiger partial charge in [0, 0.05) is 30.9 Å². The Labute approximate surface area is 155 Å². The van der Waals surface area contributed by atoms with E-state index in [-0.39, 0.29) is 6.04 Å². The van der Waals surface area contributed by atoms with Crippen molar-refractivity contribution >= 4 is 0 Å². The molecule has 0 aliphatic rings. The summed E-state index contributed by atoms with van der Waals surface area (Å²) >= 11 is 0. The lowest BCUT2D eigenvalue weighted by atomic mass is 10.0. The second kappa shape index (κ2) is 9.25. The van der Waals surface area contributed by atoms with Crippen LogP contribution in [0.1, 0.15) is 17.5 Å². The van der Waals surface area contributed by atoms with Gasteiger partial charge in [-0.15, -0.1) is 0 Å². The molecule has 2 aromatic carbocycles. The molecule has 1 unspecified atom stereocenters. The molecule has 1 heterocycles. The second-order valence-electron chi connectivity index (χ2n) is 6.62. The lowest BCUT2D eigenvalue weighted by Gasteiger charge is -2.19. The topological polar surface area (TPSA) is 68.2 Å².